The van der Waals surface area contributed by atoms with Gasteiger partial charge in [-0.3, -0.25) is 4.90 Å². The summed E-state index contributed by atoms with van der Waals surface area (Å²) >= 11 is 11.5. The van der Waals surface area contributed by atoms with E-state index in [0.717, 1.165) is 36.3 Å². The molecule has 1 spiro atoms. The molecule has 0 saturated carbocycles. The molecule has 1 atom stereocenters. The van der Waals surface area contributed by atoms with Crippen LogP contribution < -0.4 is 0 Å². The van der Waals surface area contributed by atoms with Crippen LogP contribution in [0.15, 0.2) is 35.5 Å². The van der Waals surface area contributed by atoms with Crippen LogP contribution in [0.25, 0.3) is 0 Å². The lowest BCUT2D eigenvalue weighted by Gasteiger charge is -2.45. The van der Waals surface area contributed by atoms with Crippen molar-refractivity contribution in [3.05, 3.63) is 68.4 Å². The minimum absolute atomic E-state index is 0.128. The molecule has 2 aromatic rings. The number of fused-ring (bicyclic) bond motifs is 2. The van der Waals surface area contributed by atoms with Crippen molar-refractivity contribution in [2.75, 3.05) is 20.1 Å². The first-order valence-electron chi connectivity index (χ1n) is 9.48. The second kappa shape index (κ2) is 6.81. The molecule has 0 aliphatic carbocycles. The maximum atomic E-state index is 14.2. The highest BCUT2D eigenvalue weighted by Crippen LogP contribution is 2.50. The third-order valence-corrected chi connectivity index (χ3v) is 6.67. The fourth-order valence-corrected chi connectivity index (χ4v) is 5.05. The average Bonchev–Trinajstić information content (AvgIpc) is 3.29. The predicted molar refractivity (Wildman–Crippen MR) is 107 cm³/mol. The Hall–Kier alpha value is -1.87. The number of halogens is 6. The summed E-state index contributed by atoms with van der Waals surface area (Å²) in [5.74, 6) is -0.988. The van der Waals surface area contributed by atoms with Crippen LogP contribution in [-0.2, 0) is 27.4 Å². The number of alkyl halides is 3. The van der Waals surface area contributed by atoms with Crippen molar-refractivity contribution in [2.45, 2.75) is 30.4 Å². The van der Waals surface area contributed by atoms with Crippen LogP contribution >= 0.6 is 23.2 Å². The van der Waals surface area contributed by atoms with Crippen molar-refractivity contribution in [1.29, 1.82) is 0 Å². The number of likely N-dealkylation sites (N-methyl/N-ethyl adjacent to an activating group) is 1. The Morgan fingerprint density at radius 2 is 1.77 bits per heavy atom. The number of rotatable bonds is 2. The summed E-state index contributed by atoms with van der Waals surface area (Å²) in [5.41, 5.74) is -0.944. The van der Waals surface area contributed by atoms with E-state index in [1.54, 1.807) is 12.1 Å². The number of ether oxygens (including phenoxy) is 1. The second-order valence-corrected chi connectivity index (χ2v) is 9.03. The number of hydrogen-bond donors (Lipinski definition) is 0. The van der Waals surface area contributed by atoms with Crippen molar-refractivity contribution < 1.29 is 27.1 Å². The lowest BCUT2D eigenvalue weighted by atomic mass is 9.83. The molecule has 0 aromatic heterocycles. The summed E-state index contributed by atoms with van der Waals surface area (Å²) in [6.45, 7) is 1.93. The molecule has 10 heteroatoms. The van der Waals surface area contributed by atoms with Crippen molar-refractivity contribution in [1.82, 2.24) is 4.90 Å². The summed E-state index contributed by atoms with van der Waals surface area (Å²) < 4.78 is 62.2. The first-order valence-corrected chi connectivity index (χ1v) is 10.2. The highest BCUT2D eigenvalue weighted by molar-refractivity contribution is 6.35. The lowest BCUT2D eigenvalue weighted by molar-refractivity contribution is -0.275. The van der Waals surface area contributed by atoms with E-state index in [0.29, 0.717) is 12.2 Å². The second-order valence-electron chi connectivity index (χ2n) is 8.21. The monoisotopic (exact) mass is 474 g/mol. The Labute approximate surface area is 185 Å². The van der Waals surface area contributed by atoms with Gasteiger partial charge in [0.25, 0.3) is 5.60 Å². The van der Waals surface area contributed by atoms with Crippen molar-refractivity contribution in [3.63, 3.8) is 0 Å². The number of oxime groups is 1. The quantitative estimate of drug-likeness (QED) is 0.432. The van der Waals surface area contributed by atoms with Gasteiger partial charge in [-0.1, -0.05) is 40.5 Å². The topological polar surface area (TPSA) is 34.1 Å². The Morgan fingerprint density at radius 3 is 2.39 bits per heavy atom. The largest absolute Gasteiger partial charge is 0.435 e. The highest BCUT2D eigenvalue weighted by atomic mass is 35.5. The van der Waals surface area contributed by atoms with E-state index in [2.05, 4.69) is 10.1 Å². The molecule has 0 unspecified atom stereocenters. The molecule has 0 bridgehead atoms. The van der Waals surface area contributed by atoms with Crippen LogP contribution in [0.1, 0.15) is 28.7 Å². The molecule has 164 valence electrons. The Morgan fingerprint density at radius 1 is 1.10 bits per heavy atom. The number of hydrogen-bond acceptors (Lipinski definition) is 4. The summed E-state index contributed by atoms with van der Waals surface area (Å²) in [6.07, 6.45) is -5.44. The first-order chi connectivity index (χ1) is 14.5. The maximum absolute atomic E-state index is 14.2. The molecular weight excluding hydrogens is 459 g/mol. The third kappa shape index (κ3) is 3.07. The van der Waals surface area contributed by atoms with Gasteiger partial charge >= 0.3 is 6.18 Å². The fourth-order valence-electron chi connectivity index (χ4n) is 4.57. The number of nitrogens with zero attached hydrogens (tertiary/aromatic N) is 2. The molecule has 0 amide bonds. The van der Waals surface area contributed by atoms with Gasteiger partial charge in [-0.05, 0) is 41.9 Å². The van der Waals surface area contributed by atoms with E-state index in [1.165, 1.54) is 0 Å². The molecule has 2 aromatic carbocycles. The minimum atomic E-state index is -4.84. The van der Waals surface area contributed by atoms with Crippen LogP contribution in [0, 0.1) is 5.82 Å². The standard InChI is InChI=1S/C21H16Cl2F4N2O2/c1-29-9-19(10-29)14-3-2-11(4-12(14)8-30-19)17-7-20(31-28-17,21(25,26)27)13-5-15(22)18(24)16(23)6-13/h2-6H,7-10H2,1H3/t20-/m0/s1. The van der Waals surface area contributed by atoms with E-state index >= 15 is 0 Å². The average molecular weight is 475 g/mol. The van der Waals surface area contributed by atoms with E-state index in [4.69, 9.17) is 32.8 Å². The molecule has 3 aliphatic rings. The normalized spacial score (nSPS) is 24.7. The van der Waals surface area contributed by atoms with Crippen LogP contribution in [0.5, 0.6) is 0 Å². The molecule has 31 heavy (non-hydrogen) atoms. The van der Waals surface area contributed by atoms with Gasteiger partial charge in [0, 0.05) is 25.1 Å². The fraction of sp³-hybridized carbons (Fsp3) is 0.381. The van der Waals surface area contributed by atoms with Crippen LogP contribution in [-0.4, -0.2) is 36.9 Å². The predicted octanol–water partition coefficient (Wildman–Crippen LogP) is 5.39. The molecule has 5 rings (SSSR count). The zero-order valence-corrected chi connectivity index (χ0v) is 17.7. The van der Waals surface area contributed by atoms with Gasteiger partial charge < -0.3 is 9.57 Å². The third-order valence-electron chi connectivity index (χ3n) is 6.12. The van der Waals surface area contributed by atoms with E-state index in [1.807, 2.05) is 13.1 Å². The zero-order chi connectivity index (χ0) is 22.2. The SMILES string of the molecule is CN1CC2(C1)OCc1cc(C3=NO[C@@](c4cc(Cl)c(F)c(Cl)c4)(C(F)(F)F)C3)ccc12. The molecule has 4 nitrogen and oxygen atoms in total. The van der Waals surface area contributed by atoms with Crippen LogP contribution in [0.2, 0.25) is 10.0 Å². The Kier molecular flexibility index (Phi) is 4.61. The molecular formula is C21H16Cl2F4N2O2. The number of benzene rings is 2. The lowest BCUT2D eigenvalue weighted by Crippen LogP contribution is -2.57. The smallest absolute Gasteiger partial charge is 0.374 e. The van der Waals surface area contributed by atoms with Gasteiger partial charge in [0.2, 0.25) is 0 Å². The molecule has 3 aliphatic heterocycles. The summed E-state index contributed by atoms with van der Waals surface area (Å²) in [4.78, 5) is 7.13. The summed E-state index contributed by atoms with van der Waals surface area (Å²) in [5, 5.41) is 2.72. The molecule has 3 heterocycles. The Bertz CT molecular complexity index is 1090. The minimum Gasteiger partial charge on any atom is -0.374 e. The van der Waals surface area contributed by atoms with Crippen molar-refractivity contribution >= 4 is 28.9 Å². The van der Waals surface area contributed by atoms with Crippen LogP contribution in [0.3, 0.4) is 0 Å². The van der Waals surface area contributed by atoms with Gasteiger partial charge in [-0.2, -0.15) is 13.2 Å². The van der Waals surface area contributed by atoms with Crippen LogP contribution in [0.4, 0.5) is 17.6 Å². The molecule has 0 radical (unpaired) electrons. The van der Waals surface area contributed by atoms with Gasteiger partial charge in [0.15, 0.2) is 5.82 Å². The summed E-state index contributed by atoms with van der Waals surface area (Å²) in [6, 6.07) is 7.16. The highest BCUT2D eigenvalue weighted by Gasteiger charge is 2.62. The van der Waals surface area contributed by atoms with Crippen molar-refractivity contribution in [3.8, 4) is 0 Å². The Balaban J connectivity index is 1.49. The van der Waals surface area contributed by atoms with Gasteiger partial charge in [-0.15, -0.1) is 0 Å². The zero-order valence-electron chi connectivity index (χ0n) is 16.2. The first kappa shape index (κ1) is 21.0. The molecule has 1 fully saturated rings. The van der Waals surface area contributed by atoms with E-state index < -0.39 is 39.6 Å². The van der Waals surface area contributed by atoms with Gasteiger partial charge in [-0.25, -0.2) is 4.39 Å². The summed E-state index contributed by atoms with van der Waals surface area (Å²) in [7, 11) is 2.00. The van der Waals surface area contributed by atoms with Crippen molar-refractivity contribution in [2.24, 2.45) is 5.16 Å². The van der Waals surface area contributed by atoms with Gasteiger partial charge in [0.05, 0.1) is 22.4 Å². The van der Waals surface area contributed by atoms with E-state index in [-0.39, 0.29) is 11.3 Å². The molecule has 0 N–H and O–H groups in total. The van der Waals surface area contributed by atoms with Gasteiger partial charge in [0.1, 0.15) is 5.60 Å². The van der Waals surface area contributed by atoms with E-state index in [9.17, 15) is 17.6 Å². The maximum Gasteiger partial charge on any atom is 0.435 e. The molecule has 1 saturated heterocycles. The number of likely N-dealkylation sites (tertiary alicyclic amines) is 1.